The highest BCUT2D eigenvalue weighted by Crippen LogP contribution is 2.19. The third-order valence-corrected chi connectivity index (χ3v) is 2.59. The maximum Gasteiger partial charge on any atom is 0.315 e. The number of hydrogen-bond donors (Lipinski definition) is 2. The molecule has 1 heterocycles. The van der Waals surface area contributed by atoms with Crippen LogP contribution in [-0.4, -0.2) is 30.0 Å². The molecule has 1 atom stereocenters. The van der Waals surface area contributed by atoms with Crippen molar-refractivity contribution in [3.63, 3.8) is 0 Å². The van der Waals surface area contributed by atoms with Gasteiger partial charge in [-0.25, -0.2) is 0 Å². The van der Waals surface area contributed by atoms with Gasteiger partial charge >= 0.3 is 6.01 Å². The SMILES string of the molecule is CCOCCNc1nnc([C@H](N)c2ccccc2)o1. The zero-order chi connectivity index (χ0) is 13.5. The number of rotatable bonds is 7. The first kappa shape index (κ1) is 13.5. The summed E-state index contributed by atoms with van der Waals surface area (Å²) in [6, 6.07) is 9.59. The molecule has 102 valence electrons. The van der Waals surface area contributed by atoms with Crippen molar-refractivity contribution in [2.24, 2.45) is 5.73 Å². The molecule has 0 amide bonds. The summed E-state index contributed by atoms with van der Waals surface area (Å²) in [5.41, 5.74) is 6.99. The Morgan fingerprint density at radius 1 is 1.32 bits per heavy atom. The third kappa shape index (κ3) is 3.77. The average Bonchev–Trinajstić information content (AvgIpc) is 2.92. The molecule has 0 radical (unpaired) electrons. The van der Waals surface area contributed by atoms with Crippen molar-refractivity contribution < 1.29 is 9.15 Å². The molecule has 2 aromatic rings. The second kappa shape index (κ2) is 6.86. The minimum Gasteiger partial charge on any atom is -0.406 e. The maximum absolute atomic E-state index is 6.06. The highest BCUT2D eigenvalue weighted by molar-refractivity contribution is 5.25. The van der Waals surface area contributed by atoms with Crippen LogP contribution in [0.2, 0.25) is 0 Å². The summed E-state index contributed by atoms with van der Waals surface area (Å²) >= 11 is 0. The normalized spacial score (nSPS) is 12.3. The number of anilines is 1. The van der Waals surface area contributed by atoms with E-state index in [9.17, 15) is 0 Å². The molecule has 19 heavy (non-hydrogen) atoms. The summed E-state index contributed by atoms with van der Waals surface area (Å²) in [6.45, 7) is 3.86. The molecule has 2 rings (SSSR count). The molecule has 0 bridgehead atoms. The zero-order valence-electron chi connectivity index (χ0n) is 10.9. The van der Waals surface area contributed by atoms with Gasteiger partial charge in [-0.3, -0.25) is 0 Å². The highest BCUT2D eigenvalue weighted by atomic mass is 16.5. The van der Waals surface area contributed by atoms with Gasteiger partial charge in [0.1, 0.15) is 6.04 Å². The molecule has 0 aliphatic rings. The summed E-state index contributed by atoms with van der Waals surface area (Å²) in [6.07, 6.45) is 0. The molecule has 0 unspecified atom stereocenters. The van der Waals surface area contributed by atoms with Crippen molar-refractivity contribution in [1.29, 1.82) is 0 Å². The Morgan fingerprint density at radius 2 is 2.11 bits per heavy atom. The molecule has 6 nitrogen and oxygen atoms in total. The second-order valence-electron chi connectivity index (χ2n) is 3.96. The fraction of sp³-hybridized carbons (Fsp3) is 0.385. The number of ether oxygens (including phenoxy) is 1. The van der Waals surface area contributed by atoms with E-state index in [1.807, 2.05) is 37.3 Å². The topological polar surface area (TPSA) is 86.2 Å². The molecule has 0 saturated heterocycles. The van der Waals surface area contributed by atoms with Crippen molar-refractivity contribution in [3.8, 4) is 0 Å². The van der Waals surface area contributed by atoms with E-state index in [1.165, 1.54) is 0 Å². The molecule has 3 N–H and O–H groups in total. The van der Waals surface area contributed by atoms with Crippen LogP contribution in [0.4, 0.5) is 6.01 Å². The first-order valence-electron chi connectivity index (χ1n) is 6.26. The molecule has 6 heteroatoms. The van der Waals surface area contributed by atoms with Crippen LogP contribution in [0.15, 0.2) is 34.7 Å². The molecule has 1 aromatic heterocycles. The molecular weight excluding hydrogens is 244 g/mol. The fourth-order valence-corrected chi connectivity index (χ4v) is 1.61. The largest absolute Gasteiger partial charge is 0.406 e. The lowest BCUT2D eigenvalue weighted by atomic mass is 10.1. The Hall–Kier alpha value is -1.92. The van der Waals surface area contributed by atoms with Crippen LogP contribution >= 0.6 is 0 Å². The Morgan fingerprint density at radius 3 is 2.84 bits per heavy atom. The molecule has 0 aliphatic heterocycles. The van der Waals surface area contributed by atoms with E-state index in [1.54, 1.807) is 0 Å². The summed E-state index contributed by atoms with van der Waals surface area (Å²) < 4.78 is 10.7. The Balaban J connectivity index is 1.93. The maximum atomic E-state index is 6.06. The number of nitrogens with one attached hydrogen (secondary N) is 1. The minimum atomic E-state index is -0.406. The first-order valence-corrected chi connectivity index (χ1v) is 6.26. The van der Waals surface area contributed by atoms with Gasteiger partial charge in [0.15, 0.2) is 0 Å². The average molecular weight is 262 g/mol. The third-order valence-electron chi connectivity index (χ3n) is 2.59. The van der Waals surface area contributed by atoms with Crippen molar-refractivity contribution >= 4 is 6.01 Å². The fourth-order valence-electron chi connectivity index (χ4n) is 1.61. The van der Waals surface area contributed by atoms with Crippen LogP contribution in [0.25, 0.3) is 0 Å². The van der Waals surface area contributed by atoms with Crippen LogP contribution < -0.4 is 11.1 Å². The van der Waals surface area contributed by atoms with E-state index in [-0.39, 0.29) is 0 Å². The van der Waals surface area contributed by atoms with Crippen LogP contribution in [0.1, 0.15) is 24.4 Å². The summed E-state index contributed by atoms with van der Waals surface area (Å²) in [4.78, 5) is 0. The number of nitrogens with zero attached hydrogens (tertiary/aromatic N) is 2. The molecular formula is C13H18N4O2. The summed E-state index contributed by atoms with van der Waals surface area (Å²) in [5.74, 6) is 0.394. The van der Waals surface area contributed by atoms with Gasteiger partial charge in [-0.2, -0.15) is 0 Å². The molecule has 1 aromatic carbocycles. The van der Waals surface area contributed by atoms with Crippen LogP contribution in [0.3, 0.4) is 0 Å². The number of benzene rings is 1. The summed E-state index contributed by atoms with van der Waals surface area (Å²) in [5, 5.41) is 10.8. The number of hydrogen-bond acceptors (Lipinski definition) is 6. The van der Waals surface area contributed by atoms with Gasteiger partial charge in [-0.1, -0.05) is 35.4 Å². The predicted octanol–water partition coefficient (Wildman–Crippen LogP) is 1.57. The van der Waals surface area contributed by atoms with Crippen molar-refractivity contribution in [3.05, 3.63) is 41.8 Å². The van der Waals surface area contributed by atoms with Crippen molar-refractivity contribution in [2.45, 2.75) is 13.0 Å². The zero-order valence-corrected chi connectivity index (χ0v) is 10.9. The highest BCUT2D eigenvalue weighted by Gasteiger charge is 2.15. The monoisotopic (exact) mass is 262 g/mol. The van der Waals surface area contributed by atoms with Crippen molar-refractivity contribution in [2.75, 3.05) is 25.1 Å². The lowest BCUT2D eigenvalue weighted by Crippen LogP contribution is -2.12. The van der Waals surface area contributed by atoms with Gasteiger partial charge in [0, 0.05) is 13.2 Å². The lowest BCUT2D eigenvalue weighted by molar-refractivity contribution is 0.157. The van der Waals surface area contributed by atoms with Gasteiger partial charge in [-0.05, 0) is 12.5 Å². The van der Waals surface area contributed by atoms with Crippen LogP contribution in [0, 0.1) is 0 Å². The molecule has 0 aliphatic carbocycles. The van der Waals surface area contributed by atoms with Crippen molar-refractivity contribution in [1.82, 2.24) is 10.2 Å². The Kier molecular flexibility index (Phi) is 4.88. The Labute approximate surface area is 112 Å². The van der Waals surface area contributed by atoms with Gasteiger partial charge < -0.3 is 20.2 Å². The van der Waals surface area contributed by atoms with E-state index in [0.717, 1.165) is 5.56 Å². The summed E-state index contributed by atoms with van der Waals surface area (Å²) in [7, 11) is 0. The smallest absolute Gasteiger partial charge is 0.315 e. The molecule has 0 spiro atoms. The minimum absolute atomic E-state index is 0.362. The first-order chi connectivity index (χ1) is 9.31. The van der Waals surface area contributed by atoms with Gasteiger partial charge in [0.05, 0.1) is 6.61 Å². The standard InChI is InChI=1S/C13H18N4O2/c1-2-18-9-8-15-13-17-16-12(19-13)11(14)10-6-4-3-5-7-10/h3-7,11H,2,8-9,14H2,1H3,(H,15,17)/t11-/m1/s1. The predicted molar refractivity (Wildman–Crippen MR) is 71.8 cm³/mol. The van der Waals surface area contributed by atoms with E-state index in [2.05, 4.69) is 15.5 Å². The van der Waals surface area contributed by atoms with Gasteiger partial charge in [0.2, 0.25) is 5.89 Å². The van der Waals surface area contributed by atoms with Crippen LogP contribution in [-0.2, 0) is 4.74 Å². The lowest BCUT2D eigenvalue weighted by Gasteiger charge is -2.06. The quantitative estimate of drug-likeness (QED) is 0.736. The van der Waals surface area contributed by atoms with Crippen LogP contribution in [0.5, 0.6) is 0 Å². The Bertz CT molecular complexity index is 486. The van der Waals surface area contributed by atoms with E-state index >= 15 is 0 Å². The number of aromatic nitrogens is 2. The second-order valence-corrected chi connectivity index (χ2v) is 3.96. The van der Waals surface area contributed by atoms with E-state index in [0.29, 0.717) is 31.7 Å². The number of nitrogens with two attached hydrogens (primary N) is 1. The van der Waals surface area contributed by atoms with Gasteiger partial charge in [-0.15, -0.1) is 5.10 Å². The molecule has 0 fully saturated rings. The van der Waals surface area contributed by atoms with E-state index < -0.39 is 6.04 Å². The molecule has 0 saturated carbocycles. The van der Waals surface area contributed by atoms with Gasteiger partial charge in [0.25, 0.3) is 0 Å². The van der Waals surface area contributed by atoms with E-state index in [4.69, 9.17) is 14.9 Å².